The zero-order valence-corrected chi connectivity index (χ0v) is 13.0. The van der Waals surface area contributed by atoms with Crippen molar-refractivity contribution in [3.05, 3.63) is 16.4 Å². The third kappa shape index (κ3) is 4.52. The maximum atomic E-state index is 8.75. The second-order valence-corrected chi connectivity index (χ2v) is 5.60. The summed E-state index contributed by atoms with van der Waals surface area (Å²) in [4.78, 5) is 2.27. The lowest BCUT2D eigenvalue weighted by Gasteiger charge is -2.23. The molecule has 0 saturated heterocycles. The van der Waals surface area contributed by atoms with E-state index < -0.39 is 0 Å². The molecule has 106 valence electrons. The molecule has 1 aromatic rings. The lowest BCUT2D eigenvalue weighted by Crippen LogP contribution is -2.29. The molecule has 0 amide bonds. The molecule has 0 atom stereocenters. The normalized spacial score (nSPS) is 11.3. The summed E-state index contributed by atoms with van der Waals surface area (Å²) >= 11 is 6.37. The summed E-state index contributed by atoms with van der Waals surface area (Å²) in [6, 6.07) is 2.21. The van der Waals surface area contributed by atoms with Crippen LogP contribution in [0.3, 0.4) is 0 Å². The van der Waals surface area contributed by atoms with Crippen LogP contribution in [0.1, 0.15) is 38.6 Å². The van der Waals surface area contributed by atoms with E-state index in [1.54, 1.807) is 0 Å². The summed E-state index contributed by atoms with van der Waals surface area (Å²) in [6.07, 6.45) is 1.39. The molecule has 0 aromatic carbocycles. The van der Waals surface area contributed by atoms with Gasteiger partial charge in [-0.15, -0.1) is 0 Å². The number of nitrogens with zero attached hydrogens (tertiary/aromatic N) is 4. The molecule has 1 aromatic heterocycles. The molecule has 0 saturated carbocycles. The molecular formula is C14H23ClN4. The molecule has 1 rings (SSSR count). The molecule has 0 spiro atoms. The van der Waals surface area contributed by atoms with E-state index >= 15 is 0 Å². The highest BCUT2D eigenvalue weighted by Crippen LogP contribution is 2.22. The molecule has 0 N–H and O–H groups in total. The molecular weight excluding hydrogens is 260 g/mol. The van der Waals surface area contributed by atoms with Crippen LogP contribution in [0.15, 0.2) is 0 Å². The highest BCUT2D eigenvalue weighted by Gasteiger charge is 2.16. The quantitative estimate of drug-likeness (QED) is 0.772. The van der Waals surface area contributed by atoms with E-state index in [-0.39, 0.29) is 0 Å². The van der Waals surface area contributed by atoms with E-state index in [9.17, 15) is 0 Å². The van der Waals surface area contributed by atoms with Gasteiger partial charge in [-0.25, -0.2) is 0 Å². The Morgan fingerprint density at radius 2 is 2.16 bits per heavy atom. The number of halogens is 1. The van der Waals surface area contributed by atoms with E-state index in [1.165, 1.54) is 0 Å². The minimum absolute atomic E-state index is 0.544. The van der Waals surface area contributed by atoms with Crippen LogP contribution in [0, 0.1) is 17.2 Å². The van der Waals surface area contributed by atoms with E-state index in [0.29, 0.717) is 12.3 Å². The molecule has 0 fully saturated rings. The van der Waals surface area contributed by atoms with Gasteiger partial charge in [0, 0.05) is 33.1 Å². The second-order valence-electron chi connectivity index (χ2n) is 5.22. The molecule has 4 nitrogen and oxygen atoms in total. The number of aromatic nitrogens is 2. The minimum Gasteiger partial charge on any atom is -0.296 e. The fraction of sp³-hybridized carbons (Fsp3) is 0.714. The molecule has 0 aliphatic carbocycles. The summed E-state index contributed by atoms with van der Waals surface area (Å²) in [5.41, 5.74) is 1.99. The number of aryl methyl sites for hydroxylation is 2. The third-order valence-corrected chi connectivity index (χ3v) is 3.48. The Balaban J connectivity index is 2.83. The summed E-state index contributed by atoms with van der Waals surface area (Å²) < 4.78 is 1.86. The highest BCUT2D eigenvalue weighted by atomic mass is 35.5. The fourth-order valence-corrected chi connectivity index (χ4v) is 2.52. The van der Waals surface area contributed by atoms with Crippen molar-refractivity contribution in [2.75, 3.05) is 13.1 Å². The van der Waals surface area contributed by atoms with Gasteiger partial charge in [-0.05, 0) is 12.3 Å². The van der Waals surface area contributed by atoms with Gasteiger partial charge in [0.1, 0.15) is 0 Å². The molecule has 0 aliphatic rings. The standard InChI is InChI=1S/C14H23ClN4/c1-5-12-14(15)13(18(4)17-12)10-19(8-6-7-16)9-11(2)3/h11H,5-6,8-10H2,1-4H3. The van der Waals surface area contributed by atoms with Crippen molar-refractivity contribution in [3.8, 4) is 6.07 Å². The SMILES string of the molecule is CCc1nn(C)c(CN(CCC#N)CC(C)C)c1Cl. The van der Waals surface area contributed by atoms with Crippen molar-refractivity contribution >= 4 is 11.6 Å². The van der Waals surface area contributed by atoms with Crippen molar-refractivity contribution in [2.45, 2.75) is 40.2 Å². The van der Waals surface area contributed by atoms with Crippen molar-refractivity contribution < 1.29 is 0 Å². The summed E-state index contributed by atoms with van der Waals surface area (Å²) in [7, 11) is 1.93. The molecule has 5 heteroatoms. The van der Waals surface area contributed by atoms with Crippen LogP contribution in [0.5, 0.6) is 0 Å². The van der Waals surface area contributed by atoms with Crippen LogP contribution in [0.25, 0.3) is 0 Å². The van der Waals surface area contributed by atoms with Gasteiger partial charge in [0.15, 0.2) is 0 Å². The second kappa shape index (κ2) is 7.52. The number of nitriles is 1. The van der Waals surface area contributed by atoms with Crippen LogP contribution in [-0.2, 0) is 20.0 Å². The van der Waals surface area contributed by atoms with Gasteiger partial charge >= 0.3 is 0 Å². The Morgan fingerprint density at radius 1 is 1.47 bits per heavy atom. The van der Waals surface area contributed by atoms with Crippen LogP contribution < -0.4 is 0 Å². The lowest BCUT2D eigenvalue weighted by molar-refractivity contribution is 0.235. The summed E-state index contributed by atoms with van der Waals surface area (Å²) in [5, 5.41) is 14.0. The topological polar surface area (TPSA) is 44.9 Å². The molecule has 0 aliphatic heterocycles. The Kier molecular flexibility index (Phi) is 6.33. The first-order valence-electron chi connectivity index (χ1n) is 6.79. The molecule has 0 radical (unpaired) electrons. The molecule has 1 heterocycles. The zero-order valence-electron chi connectivity index (χ0n) is 12.3. The maximum absolute atomic E-state index is 8.75. The molecule has 0 unspecified atom stereocenters. The van der Waals surface area contributed by atoms with E-state index in [0.717, 1.165) is 42.5 Å². The van der Waals surface area contributed by atoms with Crippen LogP contribution >= 0.6 is 11.6 Å². The van der Waals surface area contributed by atoms with Crippen molar-refractivity contribution in [3.63, 3.8) is 0 Å². The lowest BCUT2D eigenvalue weighted by atomic mass is 10.2. The van der Waals surface area contributed by atoms with E-state index in [1.807, 2.05) is 11.7 Å². The number of rotatable bonds is 7. The first kappa shape index (κ1) is 16.0. The van der Waals surface area contributed by atoms with E-state index in [2.05, 4.69) is 36.8 Å². The average Bonchev–Trinajstić information content (AvgIpc) is 2.62. The van der Waals surface area contributed by atoms with Crippen molar-refractivity contribution in [1.29, 1.82) is 5.26 Å². The van der Waals surface area contributed by atoms with Gasteiger partial charge in [0.25, 0.3) is 0 Å². The van der Waals surface area contributed by atoms with Gasteiger partial charge in [-0.3, -0.25) is 9.58 Å². The Bertz CT molecular complexity index is 445. The smallest absolute Gasteiger partial charge is 0.0863 e. The van der Waals surface area contributed by atoms with Gasteiger partial charge in [0.2, 0.25) is 0 Å². The van der Waals surface area contributed by atoms with E-state index in [4.69, 9.17) is 16.9 Å². The van der Waals surface area contributed by atoms with Gasteiger partial charge < -0.3 is 0 Å². The van der Waals surface area contributed by atoms with Crippen LogP contribution in [-0.4, -0.2) is 27.8 Å². The van der Waals surface area contributed by atoms with Gasteiger partial charge in [0.05, 0.1) is 22.5 Å². The minimum atomic E-state index is 0.544. The monoisotopic (exact) mass is 282 g/mol. The summed E-state index contributed by atoms with van der Waals surface area (Å²) in [5.74, 6) is 0.566. The molecule has 0 bridgehead atoms. The summed E-state index contributed by atoms with van der Waals surface area (Å²) in [6.45, 7) is 8.91. The third-order valence-electron chi connectivity index (χ3n) is 3.04. The van der Waals surface area contributed by atoms with Crippen LogP contribution in [0.2, 0.25) is 5.02 Å². The fourth-order valence-electron chi connectivity index (χ4n) is 2.16. The van der Waals surface area contributed by atoms with Gasteiger partial charge in [-0.2, -0.15) is 10.4 Å². The maximum Gasteiger partial charge on any atom is 0.0863 e. The first-order chi connectivity index (χ1) is 8.99. The zero-order chi connectivity index (χ0) is 14.4. The highest BCUT2D eigenvalue weighted by molar-refractivity contribution is 6.31. The van der Waals surface area contributed by atoms with Crippen molar-refractivity contribution in [2.24, 2.45) is 13.0 Å². The Morgan fingerprint density at radius 3 is 2.63 bits per heavy atom. The van der Waals surface area contributed by atoms with Crippen molar-refractivity contribution in [1.82, 2.24) is 14.7 Å². The van der Waals surface area contributed by atoms with Crippen LogP contribution in [0.4, 0.5) is 0 Å². The largest absolute Gasteiger partial charge is 0.296 e. The van der Waals surface area contributed by atoms with Gasteiger partial charge in [-0.1, -0.05) is 32.4 Å². The Hall–Kier alpha value is -1.05. The Labute approximate surface area is 121 Å². The predicted molar refractivity (Wildman–Crippen MR) is 77.9 cm³/mol. The first-order valence-corrected chi connectivity index (χ1v) is 7.16. The predicted octanol–water partition coefficient (Wildman–Crippen LogP) is 3.01. The molecule has 19 heavy (non-hydrogen) atoms. The number of hydrogen-bond acceptors (Lipinski definition) is 3. The average molecular weight is 283 g/mol. The number of hydrogen-bond donors (Lipinski definition) is 0.